The van der Waals surface area contributed by atoms with Gasteiger partial charge in [0.15, 0.2) is 0 Å². The molecule has 1 amide bonds. The Kier molecular flexibility index (Phi) is 5.31. The molecule has 2 aromatic carbocycles. The standard InChI is InChI=1S/C21H20Cl2N2O2/c1-21(2,13-8-9-16(22)17(23)10-13)12-24-20(27)15-11-19(26)25(3)18-7-5-4-6-14(15)18/h4-11H,12H2,1-3H3,(H,24,27). The predicted molar refractivity (Wildman–Crippen MR) is 111 cm³/mol. The van der Waals surface area contributed by atoms with Gasteiger partial charge in [-0.15, -0.1) is 0 Å². The quantitative estimate of drug-likeness (QED) is 0.695. The highest BCUT2D eigenvalue weighted by molar-refractivity contribution is 6.42. The van der Waals surface area contributed by atoms with Crippen LogP contribution in [0.1, 0.15) is 29.8 Å². The molecule has 0 bridgehead atoms. The molecule has 3 aromatic rings. The fourth-order valence-corrected chi connectivity index (χ4v) is 3.31. The molecule has 6 heteroatoms. The van der Waals surface area contributed by atoms with Crippen LogP contribution in [0.3, 0.4) is 0 Å². The van der Waals surface area contributed by atoms with Gasteiger partial charge in [-0.1, -0.05) is 61.3 Å². The lowest BCUT2D eigenvalue weighted by Gasteiger charge is -2.26. The van der Waals surface area contributed by atoms with Crippen molar-refractivity contribution in [1.82, 2.24) is 9.88 Å². The van der Waals surface area contributed by atoms with E-state index in [1.165, 1.54) is 10.6 Å². The Bertz CT molecular complexity index is 1090. The average molecular weight is 403 g/mol. The molecule has 0 saturated carbocycles. The summed E-state index contributed by atoms with van der Waals surface area (Å²) >= 11 is 12.1. The number of aromatic nitrogens is 1. The maximum atomic E-state index is 12.8. The topological polar surface area (TPSA) is 51.1 Å². The Labute approximate surface area is 167 Å². The molecule has 0 saturated heterocycles. The number of carbonyl (C=O) groups excluding carboxylic acids is 1. The van der Waals surface area contributed by atoms with E-state index in [1.807, 2.05) is 50.2 Å². The van der Waals surface area contributed by atoms with E-state index in [9.17, 15) is 9.59 Å². The van der Waals surface area contributed by atoms with Gasteiger partial charge in [0.05, 0.1) is 21.1 Å². The number of hydrogen-bond acceptors (Lipinski definition) is 2. The van der Waals surface area contributed by atoms with E-state index < -0.39 is 0 Å². The monoisotopic (exact) mass is 402 g/mol. The molecule has 0 atom stereocenters. The normalized spacial score (nSPS) is 11.6. The molecule has 0 radical (unpaired) electrons. The van der Waals surface area contributed by atoms with Gasteiger partial charge in [0.25, 0.3) is 11.5 Å². The van der Waals surface area contributed by atoms with Crippen LogP contribution in [0.5, 0.6) is 0 Å². The van der Waals surface area contributed by atoms with Gasteiger partial charge in [-0.25, -0.2) is 0 Å². The third-order valence-corrected chi connectivity index (χ3v) is 5.53. The summed E-state index contributed by atoms with van der Waals surface area (Å²) in [5, 5.41) is 4.66. The summed E-state index contributed by atoms with van der Waals surface area (Å²) in [6, 6.07) is 14.2. The highest BCUT2D eigenvalue weighted by atomic mass is 35.5. The number of hydrogen-bond donors (Lipinski definition) is 1. The predicted octanol–water partition coefficient (Wildman–Crippen LogP) is 4.55. The molecule has 0 aliphatic heterocycles. The van der Waals surface area contributed by atoms with Crippen molar-refractivity contribution in [2.24, 2.45) is 7.05 Å². The van der Waals surface area contributed by atoms with Crippen LogP contribution >= 0.6 is 23.2 Å². The SMILES string of the molecule is Cn1c(=O)cc(C(=O)NCC(C)(C)c2ccc(Cl)c(Cl)c2)c2ccccc21. The fourth-order valence-electron chi connectivity index (χ4n) is 3.01. The number of pyridine rings is 1. The summed E-state index contributed by atoms with van der Waals surface area (Å²) < 4.78 is 1.53. The number of carbonyl (C=O) groups is 1. The molecule has 4 nitrogen and oxygen atoms in total. The molecule has 3 rings (SSSR count). The molecule has 140 valence electrons. The number of fused-ring (bicyclic) bond motifs is 1. The lowest BCUT2D eigenvalue weighted by molar-refractivity contribution is 0.0947. The zero-order valence-corrected chi connectivity index (χ0v) is 16.9. The van der Waals surface area contributed by atoms with Crippen LogP contribution in [0, 0.1) is 0 Å². The summed E-state index contributed by atoms with van der Waals surface area (Å²) in [5.74, 6) is -0.281. The van der Waals surface area contributed by atoms with Gasteiger partial charge in [0.2, 0.25) is 0 Å². The molecular weight excluding hydrogens is 383 g/mol. The minimum absolute atomic E-state index is 0.220. The van der Waals surface area contributed by atoms with Crippen LogP contribution in [0.4, 0.5) is 0 Å². The van der Waals surface area contributed by atoms with E-state index >= 15 is 0 Å². The van der Waals surface area contributed by atoms with Crippen molar-refractivity contribution in [3.05, 3.63) is 80.1 Å². The number of nitrogens with one attached hydrogen (secondary N) is 1. The first kappa shape index (κ1) is 19.5. The summed E-state index contributed by atoms with van der Waals surface area (Å²) in [5.41, 5.74) is 1.48. The minimum Gasteiger partial charge on any atom is -0.351 e. The van der Waals surface area contributed by atoms with Gasteiger partial charge in [0, 0.05) is 30.5 Å². The van der Waals surface area contributed by atoms with Gasteiger partial charge >= 0.3 is 0 Å². The highest BCUT2D eigenvalue weighted by Crippen LogP contribution is 2.29. The van der Waals surface area contributed by atoms with Crippen LogP contribution in [0.25, 0.3) is 10.9 Å². The van der Waals surface area contributed by atoms with E-state index in [0.717, 1.165) is 16.5 Å². The summed E-state index contributed by atoms with van der Waals surface area (Å²) in [7, 11) is 1.69. The molecule has 1 aromatic heterocycles. The van der Waals surface area contributed by atoms with Crippen LogP contribution in [0.2, 0.25) is 10.0 Å². The Morgan fingerprint density at radius 1 is 1.07 bits per heavy atom. The van der Waals surface area contributed by atoms with E-state index in [0.29, 0.717) is 22.2 Å². The number of amides is 1. The van der Waals surface area contributed by atoms with E-state index in [4.69, 9.17) is 23.2 Å². The van der Waals surface area contributed by atoms with Crippen molar-refractivity contribution >= 4 is 40.0 Å². The Hall–Kier alpha value is -2.30. The second-order valence-electron chi connectivity index (χ2n) is 7.17. The molecule has 0 spiro atoms. The molecule has 0 aliphatic carbocycles. The lowest BCUT2D eigenvalue weighted by Crippen LogP contribution is -2.37. The number of halogens is 2. The first-order valence-electron chi connectivity index (χ1n) is 8.53. The maximum Gasteiger partial charge on any atom is 0.252 e. The third kappa shape index (κ3) is 3.87. The van der Waals surface area contributed by atoms with Crippen molar-refractivity contribution in [3.8, 4) is 0 Å². The number of rotatable bonds is 4. The summed E-state index contributed by atoms with van der Waals surface area (Å²) in [6.45, 7) is 4.40. The second-order valence-corrected chi connectivity index (χ2v) is 7.98. The average Bonchev–Trinajstić information content (AvgIpc) is 2.65. The molecule has 1 heterocycles. The molecule has 27 heavy (non-hydrogen) atoms. The molecule has 1 N–H and O–H groups in total. The molecule has 0 aliphatic rings. The van der Waals surface area contributed by atoms with Crippen LogP contribution in [0.15, 0.2) is 53.3 Å². The Morgan fingerprint density at radius 2 is 1.78 bits per heavy atom. The van der Waals surface area contributed by atoms with Crippen molar-refractivity contribution in [2.45, 2.75) is 19.3 Å². The largest absolute Gasteiger partial charge is 0.351 e. The zero-order chi connectivity index (χ0) is 19.8. The highest BCUT2D eigenvalue weighted by Gasteiger charge is 2.23. The number of nitrogens with zero attached hydrogens (tertiary/aromatic N) is 1. The van der Waals surface area contributed by atoms with Crippen molar-refractivity contribution in [2.75, 3.05) is 6.54 Å². The number of aryl methyl sites for hydroxylation is 1. The maximum absolute atomic E-state index is 12.8. The van der Waals surface area contributed by atoms with Crippen molar-refractivity contribution in [1.29, 1.82) is 0 Å². The smallest absolute Gasteiger partial charge is 0.252 e. The second kappa shape index (κ2) is 7.37. The minimum atomic E-state index is -0.362. The Balaban J connectivity index is 1.88. The van der Waals surface area contributed by atoms with Gasteiger partial charge in [0.1, 0.15) is 0 Å². The van der Waals surface area contributed by atoms with Gasteiger partial charge in [-0.3, -0.25) is 9.59 Å². The fraction of sp³-hybridized carbons (Fsp3) is 0.238. The Morgan fingerprint density at radius 3 is 2.48 bits per heavy atom. The number of para-hydroxylation sites is 1. The van der Waals surface area contributed by atoms with Crippen LogP contribution < -0.4 is 10.9 Å². The first-order chi connectivity index (χ1) is 12.7. The van der Waals surface area contributed by atoms with Crippen molar-refractivity contribution < 1.29 is 4.79 Å². The summed E-state index contributed by atoms with van der Waals surface area (Å²) in [6.07, 6.45) is 0. The van der Waals surface area contributed by atoms with Gasteiger partial charge < -0.3 is 9.88 Å². The lowest BCUT2D eigenvalue weighted by atomic mass is 9.84. The molecule has 0 fully saturated rings. The molecule has 0 unspecified atom stereocenters. The number of benzene rings is 2. The summed E-state index contributed by atoms with van der Waals surface area (Å²) in [4.78, 5) is 25.0. The first-order valence-corrected chi connectivity index (χ1v) is 9.29. The van der Waals surface area contributed by atoms with E-state index in [-0.39, 0.29) is 16.9 Å². The van der Waals surface area contributed by atoms with Crippen LogP contribution in [-0.2, 0) is 12.5 Å². The van der Waals surface area contributed by atoms with Crippen LogP contribution in [-0.4, -0.2) is 17.0 Å². The van der Waals surface area contributed by atoms with E-state index in [2.05, 4.69) is 5.32 Å². The van der Waals surface area contributed by atoms with E-state index in [1.54, 1.807) is 13.1 Å². The third-order valence-electron chi connectivity index (χ3n) is 4.79. The van der Waals surface area contributed by atoms with Crippen molar-refractivity contribution in [3.63, 3.8) is 0 Å². The van der Waals surface area contributed by atoms with Gasteiger partial charge in [-0.05, 0) is 23.8 Å². The zero-order valence-electron chi connectivity index (χ0n) is 15.3. The molecular formula is C21H20Cl2N2O2. The van der Waals surface area contributed by atoms with Gasteiger partial charge in [-0.2, -0.15) is 0 Å².